The fourth-order valence-electron chi connectivity index (χ4n) is 2.34. The highest BCUT2D eigenvalue weighted by atomic mass is 16.3. The smallest absolute Gasteiger partial charge is 0.0577 e. The van der Waals surface area contributed by atoms with E-state index in [1.54, 1.807) is 0 Å². The van der Waals surface area contributed by atoms with E-state index in [4.69, 9.17) is 6.42 Å². The summed E-state index contributed by atoms with van der Waals surface area (Å²) >= 11 is 0. The maximum Gasteiger partial charge on any atom is 0.0577 e. The summed E-state index contributed by atoms with van der Waals surface area (Å²) in [6, 6.07) is 0. The van der Waals surface area contributed by atoms with Gasteiger partial charge in [-0.3, -0.25) is 0 Å². The van der Waals surface area contributed by atoms with E-state index in [0.717, 1.165) is 12.8 Å². The van der Waals surface area contributed by atoms with E-state index in [1.165, 1.54) is 44.9 Å². The molecule has 0 aliphatic heterocycles. The summed E-state index contributed by atoms with van der Waals surface area (Å²) in [5, 5.41) is 9.93. The predicted molar refractivity (Wildman–Crippen MR) is 59.9 cm³/mol. The molecule has 1 aliphatic carbocycles. The third-order valence-corrected chi connectivity index (χ3v) is 3.28. The number of hydrogen-bond donors (Lipinski definition) is 1. The van der Waals surface area contributed by atoms with Crippen LogP contribution in [0.1, 0.15) is 57.8 Å². The molecule has 1 atom stereocenters. The fourth-order valence-corrected chi connectivity index (χ4v) is 2.34. The molecular weight excluding hydrogens is 172 g/mol. The monoisotopic (exact) mass is 194 g/mol. The second kappa shape index (κ2) is 6.90. The Kier molecular flexibility index (Phi) is 5.71. The number of aliphatic hydroxyl groups is 1. The molecule has 1 fully saturated rings. The number of hydrogen-bond acceptors (Lipinski definition) is 1. The third-order valence-electron chi connectivity index (χ3n) is 3.28. The van der Waals surface area contributed by atoms with E-state index in [0.29, 0.717) is 5.92 Å². The van der Waals surface area contributed by atoms with Gasteiger partial charge in [0, 0.05) is 6.42 Å². The molecular formula is C13H22O. The molecule has 1 nitrogen and oxygen atoms in total. The van der Waals surface area contributed by atoms with Crippen LogP contribution in [0.4, 0.5) is 0 Å². The number of terminal acetylenes is 1. The molecule has 0 heterocycles. The first-order valence-electron chi connectivity index (χ1n) is 5.96. The van der Waals surface area contributed by atoms with Crippen LogP contribution in [-0.2, 0) is 0 Å². The minimum atomic E-state index is -0.149. The lowest BCUT2D eigenvalue weighted by atomic mass is 9.86. The highest BCUT2D eigenvalue weighted by molar-refractivity contribution is 4.85. The first-order chi connectivity index (χ1) is 6.84. The summed E-state index contributed by atoms with van der Waals surface area (Å²) in [6.45, 7) is 0. The van der Waals surface area contributed by atoms with Crippen molar-refractivity contribution in [2.75, 3.05) is 0 Å². The van der Waals surface area contributed by atoms with E-state index in [-0.39, 0.29) is 6.10 Å². The standard InChI is InChI=1S/C13H22O/c1-2-3-11-13(14)12-9-7-5-4-6-8-10-12/h1,12-14H,3-11H2. The average Bonchev–Trinajstić information content (AvgIpc) is 2.13. The van der Waals surface area contributed by atoms with Crippen molar-refractivity contribution in [3.8, 4) is 12.3 Å². The van der Waals surface area contributed by atoms with Crippen molar-refractivity contribution in [2.24, 2.45) is 5.92 Å². The van der Waals surface area contributed by atoms with Crippen LogP contribution in [0.25, 0.3) is 0 Å². The summed E-state index contributed by atoms with van der Waals surface area (Å²) in [5.74, 6) is 3.12. The molecule has 1 saturated carbocycles. The minimum Gasteiger partial charge on any atom is -0.393 e. The van der Waals surface area contributed by atoms with Crippen molar-refractivity contribution in [1.82, 2.24) is 0 Å². The van der Waals surface area contributed by atoms with Crippen molar-refractivity contribution >= 4 is 0 Å². The highest BCUT2D eigenvalue weighted by Crippen LogP contribution is 2.26. The molecule has 80 valence electrons. The maximum atomic E-state index is 9.93. The third kappa shape index (κ3) is 4.15. The van der Waals surface area contributed by atoms with Crippen LogP contribution in [0, 0.1) is 18.3 Å². The Bertz CT molecular complexity index is 172. The minimum absolute atomic E-state index is 0.149. The Morgan fingerprint density at radius 1 is 1.14 bits per heavy atom. The second-order valence-corrected chi connectivity index (χ2v) is 4.42. The van der Waals surface area contributed by atoms with Gasteiger partial charge in [0.15, 0.2) is 0 Å². The lowest BCUT2D eigenvalue weighted by Crippen LogP contribution is -2.21. The summed E-state index contributed by atoms with van der Waals surface area (Å²) < 4.78 is 0. The first-order valence-corrected chi connectivity index (χ1v) is 5.96. The van der Waals surface area contributed by atoms with Crippen LogP contribution in [0.5, 0.6) is 0 Å². The van der Waals surface area contributed by atoms with Crippen molar-refractivity contribution in [1.29, 1.82) is 0 Å². The Balaban J connectivity index is 2.28. The molecule has 1 N–H and O–H groups in total. The van der Waals surface area contributed by atoms with Crippen molar-refractivity contribution in [2.45, 2.75) is 63.9 Å². The zero-order chi connectivity index (χ0) is 10.2. The summed E-state index contributed by atoms with van der Waals surface area (Å²) in [6.07, 6.45) is 15.6. The SMILES string of the molecule is C#CCCC(O)C1CCCCCCC1. The molecule has 0 spiro atoms. The van der Waals surface area contributed by atoms with E-state index >= 15 is 0 Å². The largest absolute Gasteiger partial charge is 0.393 e. The molecule has 14 heavy (non-hydrogen) atoms. The van der Waals surface area contributed by atoms with Gasteiger partial charge < -0.3 is 5.11 Å². The molecule has 1 unspecified atom stereocenters. The molecule has 1 aliphatic rings. The summed E-state index contributed by atoms with van der Waals surface area (Å²) in [5.41, 5.74) is 0. The topological polar surface area (TPSA) is 20.2 Å². The van der Waals surface area contributed by atoms with Crippen LogP contribution in [0.15, 0.2) is 0 Å². The molecule has 1 rings (SSSR count). The second-order valence-electron chi connectivity index (χ2n) is 4.42. The van der Waals surface area contributed by atoms with E-state index in [2.05, 4.69) is 5.92 Å². The Morgan fingerprint density at radius 2 is 1.71 bits per heavy atom. The Morgan fingerprint density at radius 3 is 2.29 bits per heavy atom. The van der Waals surface area contributed by atoms with Crippen LogP contribution >= 0.6 is 0 Å². The predicted octanol–water partition coefficient (Wildman–Crippen LogP) is 3.12. The first kappa shape index (κ1) is 11.6. The van der Waals surface area contributed by atoms with Gasteiger partial charge in [0.1, 0.15) is 0 Å². The van der Waals surface area contributed by atoms with Crippen molar-refractivity contribution in [3.05, 3.63) is 0 Å². The summed E-state index contributed by atoms with van der Waals surface area (Å²) in [4.78, 5) is 0. The lowest BCUT2D eigenvalue weighted by Gasteiger charge is -2.24. The molecule has 0 bridgehead atoms. The van der Waals surface area contributed by atoms with Crippen LogP contribution in [0.2, 0.25) is 0 Å². The fraction of sp³-hybridized carbons (Fsp3) is 0.846. The average molecular weight is 194 g/mol. The van der Waals surface area contributed by atoms with Gasteiger partial charge in [0.05, 0.1) is 6.10 Å². The van der Waals surface area contributed by atoms with Crippen LogP contribution in [0.3, 0.4) is 0 Å². The van der Waals surface area contributed by atoms with Crippen molar-refractivity contribution in [3.63, 3.8) is 0 Å². The molecule has 0 aromatic rings. The van der Waals surface area contributed by atoms with Gasteiger partial charge in [0.25, 0.3) is 0 Å². The Labute approximate surface area is 87.9 Å². The van der Waals surface area contributed by atoms with Gasteiger partial charge in [-0.05, 0) is 25.2 Å². The zero-order valence-electron chi connectivity index (χ0n) is 9.04. The van der Waals surface area contributed by atoms with Crippen LogP contribution < -0.4 is 0 Å². The van der Waals surface area contributed by atoms with Crippen molar-refractivity contribution < 1.29 is 5.11 Å². The molecule has 1 heteroatoms. The zero-order valence-corrected chi connectivity index (χ0v) is 9.04. The number of aliphatic hydroxyl groups excluding tert-OH is 1. The molecule has 0 saturated heterocycles. The molecule has 0 aromatic carbocycles. The van der Waals surface area contributed by atoms with Crippen LogP contribution in [-0.4, -0.2) is 11.2 Å². The number of rotatable bonds is 3. The van der Waals surface area contributed by atoms with Gasteiger partial charge in [-0.1, -0.05) is 32.1 Å². The molecule has 0 radical (unpaired) electrons. The highest BCUT2D eigenvalue weighted by Gasteiger charge is 2.19. The molecule has 0 amide bonds. The lowest BCUT2D eigenvalue weighted by molar-refractivity contribution is 0.0846. The van der Waals surface area contributed by atoms with E-state index in [1.807, 2.05) is 0 Å². The van der Waals surface area contributed by atoms with E-state index in [9.17, 15) is 5.11 Å². The van der Waals surface area contributed by atoms with Gasteiger partial charge in [-0.25, -0.2) is 0 Å². The quantitative estimate of drug-likeness (QED) is 0.684. The molecule has 0 aromatic heterocycles. The van der Waals surface area contributed by atoms with E-state index < -0.39 is 0 Å². The normalized spacial score (nSPS) is 22.0. The maximum absolute atomic E-state index is 9.93. The van der Waals surface area contributed by atoms with Gasteiger partial charge >= 0.3 is 0 Å². The van der Waals surface area contributed by atoms with Gasteiger partial charge in [0.2, 0.25) is 0 Å². The van der Waals surface area contributed by atoms with Gasteiger partial charge in [-0.15, -0.1) is 12.3 Å². The Hall–Kier alpha value is -0.480. The summed E-state index contributed by atoms with van der Waals surface area (Å²) in [7, 11) is 0. The van der Waals surface area contributed by atoms with Gasteiger partial charge in [-0.2, -0.15) is 0 Å².